The van der Waals surface area contributed by atoms with Crippen LogP contribution in [0, 0.1) is 0 Å². The minimum atomic E-state index is -0.547. The maximum atomic E-state index is 12.6. The average Bonchev–Trinajstić information content (AvgIpc) is 3.22. The van der Waals surface area contributed by atoms with E-state index in [2.05, 4.69) is 10.2 Å². The van der Waals surface area contributed by atoms with Gasteiger partial charge in [-0.1, -0.05) is 29.8 Å². The third-order valence-electron chi connectivity index (χ3n) is 4.80. The number of carbonyl (C=O) groups excluding carboxylic acids is 2. The SMILES string of the molecule is NC(=O)COc1ccc(C(=O)NCC(c2ccccc2Cl)N2CCCC2)cc1. The van der Waals surface area contributed by atoms with Gasteiger partial charge in [0.1, 0.15) is 5.75 Å². The van der Waals surface area contributed by atoms with Crippen LogP contribution in [-0.2, 0) is 4.79 Å². The summed E-state index contributed by atoms with van der Waals surface area (Å²) >= 11 is 6.41. The van der Waals surface area contributed by atoms with Gasteiger partial charge in [0, 0.05) is 17.1 Å². The number of likely N-dealkylation sites (tertiary alicyclic amines) is 1. The van der Waals surface area contributed by atoms with E-state index in [0.717, 1.165) is 31.5 Å². The van der Waals surface area contributed by atoms with Crippen LogP contribution in [0.4, 0.5) is 0 Å². The summed E-state index contributed by atoms with van der Waals surface area (Å²) in [5, 5.41) is 3.73. The monoisotopic (exact) mass is 401 g/mol. The van der Waals surface area contributed by atoms with Crippen LogP contribution >= 0.6 is 11.6 Å². The Morgan fingerprint density at radius 3 is 2.43 bits per heavy atom. The largest absolute Gasteiger partial charge is 0.484 e. The van der Waals surface area contributed by atoms with E-state index in [0.29, 0.717) is 22.9 Å². The lowest BCUT2D eigenvalue weighted by Gasteiger charge is -2.29. The Balaban J connectivity index is 1.65. The molecule has 7 heteroatoms. The lowest BCUT2D eigenvalue weighted by molar-refractivity contribution is -0.119. The van der Waals surface area contributed by atoms with Crippen molar-refractivity contribution in [1.29, 1.82) is 0 Å². The molecule has 0 radical (unpaired) electrons. The molecule has 1 saturated heterocycles. The predicted octanol–water partition coefficient (Wildman–Crippen LogP) is 2.77. The first-order chi connectivity index (χ1) is 13.5. The van der Waals surface area contributed by atoms with E-state index in [1.54, 1.807) is 24.3 Å². The maximum Gasteiger partial charge on any atom is 0.255 e. The second-order valence-corrected chi connectivity index (χ2v) is 7.18. The molecule has 0 spiro atoms. The Morgan fingerprint density at radius 2 is 1.79 bits per heavy atom. The predicted molar refractivity (Wildman–Crippen MR) is 108 cm³/mol. The topological polar surface area (TPSA) is 84.7 Å². The molecule has 6 nitrogen and oxygen atoms in total. The van der Waals surface area contributed by atoms with Crippen LogP contribution in [0.2, 0.25) is 5.02 Å². The van der Waals surface area contributed by atoms with Crippen LogP contribution in [0.25, 0.3) is 0 Å². The van der Waals surface area contributed by atoms with E-state index in [-0.39, 0.29) is 18.6 Å². The molecule has 2 aromatic rings. The summed E-state index contributed by atoms with van der Waals surface area (Å²) < 4.78 is 5.21. The van der Waals surface area contributed by atoms with Gasteiger partial charge >= 0.3 is 0 Å². The van der Waals surface area contributed by atoms with Gasteiger partial charge in [0.2, 0.25) is 0 Å². The first-order valence-electron chi connectivity index (χ1n) is 9.32. The van der Waals surface area contributed by atoms with Crippen molar-refractivity contribution in [2.75, 3.05) is 26.2 Å². The lowest BCUT2D eigenvalue weighted by Crippen LogP contribution is -2.37. The zero-order valence-corrected chi connectivity index (χ0v) is 16.3. The number of rotatable bonds is 8. The highest BCUT2D eigenvalue weighted by molar-refractivity contribution is 6.31. The third kappa shape index (κ3) is 5.24. The molecule has 1 atom stereocenters. The highest BCUT2D eigenvalue weighted by atomic mass is 35.5. The van der Waals surface area contributed by atoms with Crippen molar-refractivity contribution in [3.05, 3.63) is 64.7 Å². The second kappa shape index (κ2) is 9.57. The molecule has 3 rings (SSSR count). The maximum absolute atomic E-state index is 12.6. The molecule has 0 aliphatic carbocycles. The molecule has 3 N–H and O–H groups in total. The Hall–Kier alpha value is -2.57. The normalized spacial score (nSPS) is 15.2. The van der Waals surface area contributed by atoms with Gasteiger partial charge in [-0.2, -0.15) is 0 Å². The van der Waals surface area contributed by atoms with Crippen LogP contribution in [0.5, 0.6) is 5.75 Å². The highest BCUT2D eigenvalue weighted by Crippen LogP contribution is 2.29. The molecule has 1 aliphatic rings. The van der Waals surface area contributed by atoms with E-state index in [9.17, 15) is 9.59 Å². The third-order valence-corrected chi connectivity index (χ3v) is 5.14. The number of primary amides is 1. The number of carbonyl (C=O) groups is 2. The standard InChI is InChI=1S/C21H24ClN3O3/c22-18-6-2-1-5-17(18)19(25-11-3-4-12-25)13-24-21(27)15-7-9-16(10-8-15)28-14-20(23)26/h1-2,5-10,19H,3-4,11-14H2,(H2,23,26)(H,24,27). The van der Waals surface area contributed by atoms with Crippen molar-refractivity contribution in [1.82, 2.24) is 10.2 Å². The van der Waals surface area contributed by atoms with E-state index < -0.39 is 5.91 Å². The van der Waals surface area contributed by atoms with Gasteiger partial charge in [-0.3, -0.25) is 14.5 Å². The molecule has 2 amide bonds. The molecular weight excluding hydrogens is 378 g/mol. The lowest BCUT2D eigenvalue weighted by atomic mass is 10.0. The quantitative estimate of drug-likeness (QED) is 0.712. The van der Waals surface area contributed by atoms with Crippen LogP contribution in [0.3, 0.4) is 0 Å². The molecule has 1 aliphatic heterocycles. The van der Waals surface area contributed by atoms with Crippen molar-refractivity contribution < 1.29 is 14.3 Å². The summed E-state index contributed by atoms with van der Waals surface area (Å²) in [5.41, 5.74) is 6.60. The van der Waals surface area contributed by atoms with Gasteiger partial charge in [-0.25, -0.2) is 0 Å². The fourth-order valence-corrected chi connectivity index (χ4v) is 3.64. The van der Waals surface area contributed by atoms with Crippen molar-refractivity contribution in [3.63, 3.8) is 0 Å². The van der Waals surface area contributed by atoms with Gasteiger partial charge in [0.05, 0.1) is 6.04 Å². The molecule has 1 fully saturated rings. The molecule has 2 aromatic carbocycles. The average molecular weight is 402 g/mol. The summed E-state index contributed by atoms with van der Waals surface area (Å²) in [6.07, 6.45) is 2.31. The Bertz CT molecular complexity index is 820. The number of halogens is 1. The fraction of sp³-hybridized carbons (Fsp3) is 0.333. The summed E-state index contributed by atoms with van der Waals surface area (Å²) in [6, 6.07) is 14.4. The van der Waals surface area contributed by atoms with Crippen LogP contribution in [-0.4, -0.2) is 43.0 Å². The zero-order chi connectivity index (χ0) is 19.9. The zero-order valence-electron chi connectivity index (χ0n) is 15.6. The smallest absolute Gasteiger partial charge is 0.255 e. The molecule has 28 heavy (non-hydrogen) atoms. The van der Waals surface area contributed by atoms with Gasteiger partial charge in [0.15, 0.2) is 6.61 Å². The molecule has 1 unspecified atom stereocenters. The molecule has 0 aromatic heterocycles. The first-order valence-corrected chi connectivity index (χ1v) is 9.70. The fourth-order valence-electron chi connectivity index (χ4n) is 3.38. The summed E-state index contributed by atoms with van der Waals surface area (Å²) in [4.78, 5) is 25.7. The second-order valence-electron chi connectivity index (χ2n) is 6.77. The molecular formula is C21H24ClN3O3. The van der Waals surface area contributed by atoms with Crippen molar-refractivity contribution >= 4 is 23.4 Å². The van der Waals surface area contributed by atoms with E-state index in [1.165, 1.54) is 0 Å². The summed E-state index contributed by atoms with van der Waals surface area (Å²) in [6.45, 7) is 2.28. The van der Waals surface area contributed by atoms with Crippen LogP contribution in [0.1, 0.15) is 34.8 Å². The van der Waals surface area contributed by atoms with Crippen molar-refractivity contribution in [2.24, 2.45) is 5.73 Å². The van der Waals surface area contributed by atoms with E-state index in [1.807, 2.05) is 24.3 Å². The number of nitrogens with one attached hydrogen (secondary N) is 1. The summed E-state index contributed by atoms with van der Waals surface area (Å²) in [5.74, 6) is -0.228. The number of benzene rings is 2. The van der Waals surface area contributed by atoms with Gasteiger partial charge in [0.25, 0.3) is 11.8 Å². The van der Waals surface area contributed by atoms with Gasteiger partial charge < -0.3 is 15.8 Å². The molecule has 0 bridgehead atoms. The van der Waals surface area contributed by atoms with E-state index >= 15 is 0 Å². The number of ether oxygens (including phenoxy) is 1. The Morgan fingerprint density at radius 1 is 1.11 bits per heavy atom. The minimum absolute atomic E-state index is 0.0401. The van der Waals surface area contributed by atoms with E-state index in [4.69, 9.17) is 22.1 Å². The molecule has 0 saturated carbocycles. The van der Waals surface area contributed by atoms with Crippen LogP contribution < -0.4 is 15.8 Å². The molecule has 1 heterocycles. The van der Waals surface area contributed by atoms with Crippen molar-refractivity contribution in [3.8, 4) is 5.75 Å². The van der Waals surface area contributed by atoms with Crippen molar-refractivity contribution in [2.45, 2.75) is 18.9 Å². The number of hydrogen-bond donors (Lipinski definition) is 2. The first kappa shape index (κ1) is 20.2. The summed E-state index contributed by atoms with van der Waals surface area (Å²) in [7, 11) is 0. The van der Waals surface area contributed by atoms with Gasteiger partial charge in [-0.15, -0.1) is 0 Å². The number of nitrogens with two attached hydrogens (primary N) is 1. The molecule has 148 valence electrons. The Labute approximate surface area is 169 Å². The Kier molecular flexibility index (Phi) is 6.90. The minimum Gasteiger partial charge on any atom is -0.484 e. The highest BCUT2D eigenvalue weighted by Gasteiger charge is 2.25. The van der Waals surface area contributed by atoms with Gasteiger partial charge in [-0.05, 0) is 61.8 Å². The number of hydrogen-bond acceptors (Lipinski definition) is 4. The van der Waals surface area contributed by atoms with Crippen LogP contribution in [0.15, 0.2) is 48.5 Å². The number of nitrogens with zero attached hydrogens (tertiary/aromatic N) is 1. The number of amides is 2.